The Morgan fingerprint density at radius 1 is 1.29 bits per heavy atom. The molecule has 0 bridgehead atoms. The van der Waals surface area contributed by atoms with E-state index in [1.165, 1.54) is 0 Å². The fraction of sp³-hybridized carbons (Fsp3) is 0.786. The molecular formula is C14H27FN2. The van der Waals surface area contributed by atoms with Crippen LogP contribution in [0.25, 0.3) is 0 Å². The third-order valence-electron chi connectivity index (χ3n) is 2.46. The van der Waals surface area contributed by atoms with Crippen LogP contribution in [0.2, 0.25) is 0 Å². The third kappa shape index (κ3) is 4.49. The maximum atomic E-state index is 12.4. The largest absolute Gasteiger partial charge is 0.266 e. The van der Waals surface area contributed by atoms with Crippen molar-refractivity contribution in [3.8, 4) is 0 Å². The molecule has 1 aromatic heterocycles. The normalized spacial score (nSPS) is 11.4. The summed E-state index contributed by atoms with van der Waals surface area (Å²) < 4.78 is 14.2. The zero-order chi connectivity index (χ0) is 13.6. The SMILES string of the molecule is CC.CC(C)c1cc(C(C)(C)C)n(CCF)n1. The van der Waals surface area contributed by atoms with Crippen molar-refractivity contribution in [2.45, 2.75) is 66.3 Å². The predicted molar refractivity (Wildman–Crippen MR) is 72.3 cm³/mol. The van der Waals surface area contributed by atoms with E-state index < -0.39 is 0 Å². The molecule has 0 fully saturated rings. The van der Waals surface area contributed by atoms with E-state index >= 15 is 0 Å². The minimum absolute atomic E-state index is 0.0231. The number of nitrogens with zero attached hydrogens (tertiary/aromatic N) is 2. The van der Waals surface area contributed by atoms with E-state index in [2.05, 4.69) is 45.8 Å². The third-order valence-corrected chi connectivity index (χ3v) is 2.46. The van der Waals surface area contributed by atoms with Gasteiger partial charge in [0, 0.05) is 11.1 Å². The second-order valence-electron chi connectivity index (χ2n) is 5.27. The highest BCUT2D eigenvalue weighted by Gasteiger charge is 2.21. The van der Waals surface area contributed by atoms with Crippen molar-refractivity contribution < 1.29 is 4.39 Å². The van der Waals surface area contributed by atoms with Crippen LogP contribution in [0.4, 0.5) is 4.39 Å². The summed E-state index contributed by atoms with van der Waals surface area (Å²) in [4.78, 5) is 0. The molecule has 0 amide bonds. The van der Waals surface area contributed by atoms with Crippen LogP contribution in [-0.2, 0) is 12.0 Å². The number of aromatic nitrogens is 2. The molecule has 0 aliphatic heterocycles. The Morgan fingerprint density at radius 3 is 2.18 bits per heavy atom. The summed E-state index contributed by atoms with van der Waals surface area (Å²) in [6.45, 7) is 14.6. The van der Waals surface area contributed by atoms with E-state index in [1.807, 2.05) is 13.8 Å². The van der Waals surface area contributed by atoms with Crippen LogP contribution in [0.1, 0.15) is 65.8 Å². The van der Waals surface area contributed by atoms with Gasteiger partial charge in [-0.1, -0.05) is 48.5 Å². The molecule has 0 aromatic carbocycles. The van der Waals surface area contributed by atoms with E-state index in [4.69, 9.17) is 0 Å². The second kappa shape index (κ2) is 6.77. The molecule has 1 heterocycles. The van der Waals surface area contributed by atoms with Crippen LogP contribution < -0.4 is 0 Å². The molecule has 0 atom stereocenters. The molecule has 3 heteroatoms. The minimum atomic E-state index is -0.359. The Labute approximate surface area is 105 Å². The van der Waals surface area contributed by atoms with Crippen LogP contribution in [-0.4, -0.2) is 16.5 Å². The standard InChI is InChI=1S/C12H21FN2.C2H6/c1-9(2)10-8-11(12(3,4)5)15(14-10)7-6-13;1-2/h8-9H,6-7H2,1-5H3;1-2H3. The molecule has 0 saturated carbocycles. The van der Waals surface area contributed by atoms with Gasteiger partial charge in [-0.15, -0.1) is 0 Å². The van der Waals surface area contributed by atoms with Gasteiger partial charge >= 0.3 is 0 Å². The summed E-state index contributed by atoms with van der Waals surface area (Å²) in [5.74, 6) is 0.395. The van der Waals surface area contributed by atoms with Gasteiger partial charge in [-0.25, -0.2) is 4.39 Å². The van der Waals surface area contributed by atoms with Gasteiger partial charge in [0.15, 0.2) is 0 Å². The molecular weight excluding hydrogens is 215 g/mol. The number of hydrogen-bond acceptors (Lipinski definition) is 1. The van der Waals surface area contributed by atoms with Crippen molar-refractivity contribution in [1.29, 1.82) is 0 Å². The Morgan fingerprint density at radius 2 is 1.82 bits per heavy atom. The van der Waals surface area contributed by atoms with Gasteiger partial charge in [0.25, 0.3) is 0 Å². The molecule has 0 aliphatic rings. The monoisotopic (exact) mass is 242 g/mol. The van der Waals surface area contributed by atoms with E-state index in [9.17, 15) is 4.39 Å². The van der Waals surface area contributed by atoms with Gasteiger partial charge in [0.05, 0.1) is 12.2 Å². The quantitative estimate of drug-likeness (QED) is 0.772. The lowest BCUT2D eigenvalue weighted by atomic mass is 9.91. The fourth-order valence-corrected chi connectivity index (χ4v) is 1.57. The van der Waals surface area contributed by atoms with Gasteiger partial charge in [-0.3, -0.25) is 4.68 Å². The Bertz CT molecular complexity index is 321. The maximum absolute atomic E-state index is 12.4. The van der Waals surface area contributed by atoms with Crippen molar-refractivity contribution in [3.63, 3.8) is 0 Å². The zero-order valence-electron chi connectivity index (χ0n) is 12.3. The summed E-state index contributed by atoms with van der Waals surface area (Å²) >= 11 is 0. The van der Waals surface area contributed by atoms with Crippen LogP contribution in [0.3, 0.4) is 0 Å². The summed E-state index contributed by atoms with van der Waals surface area (Å²) in [5.41, 5.74) is 2.19. The number of hydrogen-bond donors (Lipinski definition) is 0. The number of halogens is 1. The number of alkyl halides is 1. The molecule has 1 rings (SSSR count). The molecule has 17 heavy (non-hydrogen) atoms. The fourth-order valence-electron chi connectivity index (χ4n) is 1.57. The molecule has 0 unspecified atom stereocenters. The smallest absolute Gasteiger partial charge is 0.109 e. The van der Waals surface area contributed by atoms with Crippen LogP contribution in [0.15, 0.2) is 6.07 Å². The molecule has 0 saturated heterocycles. The van der Waals surface area contributed by atoms with Gasteiger partial charge in [-0.2, -0.15) is 5.10 Å². The highest BCUT2D eigenvalue weighted by molar-refractivity contribution is 5.20. The average Bonchev–Trinajstić information content (AvgIpc) is 2.65. The first kappa shape index (κ1) is 16.1. The summed E-state index contributed by atoms with van der Waals surface area (Å²) in [6, 6.07) is 2.10. The van der Waals surface area contributed by atoms with Crippen molar-refractivity contribution in [2.75, 3.05) is 6.67 Å². The van der Waals surface area contributed by atoms with Crippen LogP contribution in [0, 0.1) is 0 Å². The van der Waals surface area contributed by atoms with Gasteiger partial charge in [0.2, 0.25) is 0 Å². The van der Waals surface area contributed by atoms with E-state index in [1.54, 1.807) is 4.68 Å². The molecule has 0 radical (unpaired) electrons. The molecule has 1 aromatic rings. The molecule has 0 aliphatic carbocycles. The first-order valence-corrected chi connectivity index (χ1v) is 6.50. The van der Waals surface area contributed by atoms with Gasteiger partial charge < -0.3 is 0 Å². The Hall–Kier alpha value is -0.860. The average molecular weight is 242 g/mol. The molecule has 100 valence electrons. The predicted octanol–water partition coefficient (Wildman–Crippen LogP) is 4.30. The highest BCUT2D eigenvalue weighted by atomic mass is 19.1. The lowest BCUT2D eigenvalue weighted by Crippen LogP contribution is -2.19. The topological polar surface area (TPSA) is 17.8 Å². The summed E-state index contributed by atoms with van der Waals surface area (Å²) in [6.07, 6.45) is 0. The summed E-state index contributed by atoms with van der Waals surface area (Å²) in [5, 5.41) is 4.44. The van der Waals surface area contributed by atoms with Crippen molar-refractivity contribution in [1.82, 2.24) is 9.78 Å². The van der Waals surface area contributed by atoms with E-state index in [0.717, 1.165) is 11.4 Å². The zero-order valence-corrected chi connectivity index (χ0v) is 12.3. The molecule has 0 N–H and O–H groups in total. The summed E-state index contributed by atoms with van der Waals surface area (Å²) in [7, 11) is 0. The van der Waals surface area contributed by atoms with Crippen LogP contribution in [0.5, 0.6) is 0 Å². The second-order valence-corrected chi connectivity index (χ2v) is 5.27. The Balaban J connectivity index is 0.00000121. The first-order chi connectivity index (χ1) is 7.86. The molecule has 0 spiro atoms. The van der Waals surface area contributed by atoms with Gasteiger partial charge in [-0.05, 0) is 12.0 Å². The van der Waals surface area contributed by atoms with Gasteiger partial charge in [0.1, 0.15) is 6.67 Å². The number of aryl methyl sites for hydroxylation is 1. The lowest BCUT2D eigenvalue weighted by Gasteiger charge is -2.19. The Kier molecular flexibility index (Phi) is 6.43. The minimum Gasteiger partial charge on any atom is -0.266 e. The number of rotatable bonds is 3. The van der Waals surface area contributed by atoms with Crippen molar-refractivity contribution in [3.05, 3.63) is 17.5 Å². The first-order valence-electron chi connectivity index (χ1n) is 6.50. The van der Waals surface area contributed by atoms with E-state index in [-0.39, 0.29) is 12.1 Å². The van der Waals surface area contributed by atoms with Crippen molar-refractivity contribution in [2.24, 2.45) is 0 Å². The highest BCUT2D eigenvalue weighted by Crippen LogP contribution is 2.25. The van der Waals surface area contributed by atoms with E-state index in [0.29, 0.717) is 12.5 Å². The lowest BCUT2D eigenvalue weighted by molar-refractivity contribution is 0.399. The maximum Gasteiger partial charge on any atom is 0.109 e. The van der Waals surface area contributed by atoms with Crippen molar-refractivity contribution >= 4 is 0 Å². The van der Waals surface area contributed by atoms with Crippen LogP contribution >= 0.6 is 0 Å². The molecule has 2 nitrogen and oxygen atoms in total.